The minimum absolute atomic E-state index is 0.331. The van der Waals surface area contributed by atoms with Crippen LogP contribution < -0.4 is 5.73 Å². The molecule has 0 amide bonds. The highest BCUT2D eigenvalue weighted by molar-refractivity contribution is 5.26. The van der Waals surface area contributed by atoms with Crippen LogP contribution in [0.2, 0.25) is 0 Å². The first-order valence-electron chi connectivity index (χ1n) is 5.76. The molecule has 1 rings (SSSR count). The summed E-state index contributed by atoms with van der Waals surface area (Å²) in [5.41, 5.74) is 7.10. The molecule has 0 fully saturated rings. The summed E-state index contributed by atoms with van der Waals surface area (Å²) in [5.74, 6) is -0.331. The van der Waals surface area contributed by atoms with Crippen LogP contribution in [-0.2, 0) is 0 Å². The second-order valence-corrected chi connectivity index (χ2v) is 4.26. The number of hydrogen-bond donors (Lipinski definition) is 2. The highest BCUT2D eigenvalue weighted by Crippen LogP contribution is 2.21. The normalized spacial score (nSPS) is 14.8. The molecule has 1 aromatic rings. The Labute approximate surface area is 96.3 Å². The Bertz CT molecular complexity index is 341. The number of hydrogen-bond acceptors (Lipinski definition) is 2. The first kappa shape index (κ1) is 13.1. The largest absolute Gasteiger partial charge is 0.391 e. The van der Waals surface area contributed by atoms with Gasteiger partial charge in [0.2, 0.25) is 0 Å². The third-order valence-corrected chi connectivity index (χ3v) is 2.78. The SMILES string of the molecule is CCCC[C@@H](O)[C@@H](N)c1ccc(C)cc1F. The van der Waals surface area contributed by atoms with Gasteiger partial charge in [0, 0.05) is 5.56 Å². The first-order chi connectivity index (χ1) is 7.56. The highest BCUT2D eigenvalue weighted by Gasteiger charge is 2.19. The van der Waals surface area contributed by atoms with Crippen molar-refractivity contribution in [2.24, 2.45) is 5.73 Å². The topological polar surface area (TPSA) is 46.2 Å². The number of aryl methyl sites for hydroxylation is 1. The maximum atomic E-state index is 13.6. The lowest BCUT2D eigenvalue weighted by atomic mass is 9.97. The van der Waals surface area contributed by atoms with Gasteiger partial charge in [-0.05, 0) is 25.0 Å². The van der Waals surface area contributed by atoms with E-state index in [-0.39, 0.29) is 5.82 Å². The zero-order valence-electron chi connectivity index (χ0n) is 9.91. The second-order valence-electron chi connectivity index (χ2n) is 4.26. The molecule has 0 aromatic heterocycles. The summed E-state index contributed by atoms with van der Waals surface area (Å²) >= 11 is 0. The lowest BCUT2D eigenvalue weighted by molar-refractivity contribution is 0.131. The number of unbranched alkanes of at least 4 members (excludes halogenated alkanes) is 1. The molecule has 3 heteroatoms. The minimum Gasteiger partial charge on any atom is -0.391 e. The number of halogens is 1. The Balaban J connectivity index is 2.75. The van der Waals surface area contributed by atoms with Gasteiger partial charge in [0.1, 0.15) is 5.82 Å². The number of aliphatic hydroxyl groups excluding tert-OH is 1. The summed E-state index contributed by atoms with van der Waals surface area (Å²) in [6.07, 6.45) is 1.85. The predicted octanol–water partition coefficient (Wildman–Crippen LogP) is 2.69. The molecule has 0 bridgehead atoms. The Morgan fingerprint density at radius 1 is 1.44 bits per heavy atom. The van der Waals surface area contributed by atoms with Crippen LogP contribution in [0.1, 0.15) is 43.4 Å². The molecule has 16 heavy (non-hydrogen) atoms. The molecule has 2 nitrogen and oxygen atoms in total. The Kier molecular flexibility index (Phi) is 4.90. The lowest BCUT2D eigenvalue weighted by Gasteiger charge is -2.19. The van der Waals surface area contributed by atoms with E-state index in [0.29, 0.717) is 12.0 Å². The van der Waals surface area contributed by atoms with E-state index in [1.807, 2.05) is 19.9 Å². The van der Waals surface area contributed by atoms with Crippen molar-refractivity contribution in [1.82, 2.24) is 0 Å². The van der Waals surface area contributed by atoms with Crippen LogP contribution in [0.4, 0.5) is 4.39 Å². The third-order valence-electron chi connectivity index (χ3n) is 2.78. The summed E-state index contributed by atoms with van der Waals surface area (Å²) in [7, 11) is 0. The van der Waals surface area contributed by atoms with Crippen LogP contribution in [-0.4, -0.2) is 11.2 Å². The zero-order valence-corrected chi connectivity index (χ0v) is 9.91. The van der Waals surface area contributed by atoms with E-state index in [2.05, 4.69) is 0 Å². The van der Waals surface area contributed by atoms with Crippen molar-refractivity contribution >= 4 is 0 Å². The molecule has 0 aliphatic carbocycles. The number of rotatable bonds is 5. The molecular weight excluding hydrogens is 205 g/mol. The number of aliphatic hydroxyl groups is 1. The van der Waals surface area contributed by atoms with E-state index in [1.54, 1.807) is 6.07 Å². The van der Waals surface area contributed by atoms with Gasteiger partial charge in [0.15, 0.2) is 0 Å². The van der Waals surface area contributed by atoms with Crippen LogP contribution in [0.5, 0.6) is 0 Å². The summed E-state index contributed by atoms with van der Waals surface area (Å²) in [6.45, 7) is 3.87. The van der Waals surface area contributed by atoms with Gasteiger partial charge in [-0.25, -0.2) is 4.39 Å². The molecular formula is C13H20FNO. The molecule has 0 spiro atoms. The van der Waals surface area contributed by atoms with Gasteiger partial charge < -0.3 is 10.8 Å². The van der Waals surface area contributed by atoms with Crippen molar-refractivity contribution in [3.63, 3.8) is 0 Å². The predicted molar refractivity (Wildman–Crippen MR) is 63.6 cm³/mol. The molecule has 1 aromatic carbocycles. The average Bonchev–Trinajstić information content (AvgIpc) is 2.25. The summed E-state index contributed by atoms with van der Waals surface area (Å²) in [5, 5.41) is 9.80. The maximum absolute atomic E-state index is 13.6. The molecule has 0 aliphatic heterocycles. The number of nitrogens with two attached hydrogens (primary N) is 1. The van der Waals surface area contributed by atoms with E-state index < -0.39 is 12.1 Å². The van der Waals surface area contributed by atoms with E-state index in [9.17, 15) is 9.50 Å². The molecule has 0 saturated carbocycles. The first-order valence-corrected chi connectivity index (χ1v) is 5.76. The van der Waals surface area contributed by atoms with Gasteiger partial charge in [-0.3, -0.25) is 0 Å². The fourth-order valence-corrected chi connectivity index (χ4v) is 1.70. The molecule has 0 unspecified atom stereocenters. The van der Waals surface area contributed by atoms with Crippen molar-refractivity contribution in [3.05, 3.63) is 35.1 Å². The van der Waals surface area contributed by atoms with E-state index in [1.165, 1.54) is 6.07 Å². The minimum atomic E-state index is -0.669. The molecule has 0 aliphatic rings. The Morgan fingerprint density at radius 3 is 2.69 bits per heavy atom. The van der Waals surface area contributed by atoms with E-state index in [0.717, 1.165) is 18.4 Å². The van der Waals surface area contributed by atoms with Crippen molar-refractivity contribution in [2.45, 2.75) is 45.3 Å². The van der Waals surface area contributed by atoms with E-state index in [4.69, 9.17) is 5.73 Å². The zero-order chi connectivity index (χ0) is 12.1. The van der Waals surface area contributed by atoms with Crippen LogP contribution in [0.3, 0.4) is 0 Å². The summed E-state index contributed by atoms with van der Waals surface area (Å²) in [6, 6.07) is 4.28. The van der Waals surface area contributed by atoms with Crippen LogP contribution >= 0.6 is 0 Å². The van der Waals surface area contributed by atoms with Crippen LogP contribution in [0.25, 0.3) is 0 Å². The highest BCUT2D eigenvalue weighted by atomic mass is 19.1. The quantitative estimate of drug-likeness (QED) is 0.809. The molecule has 90 valence electrons. The Hall–Kier alpha value is -0.930. The van der Waals surface area contributed by atoms with Crippen molar-refractivity contribution in [1.29, 1.82) is 0 Å². The molecule has 2 atom stereocenters. The molecule has 3 N–H and O–H groups in total. The van der Waals surface area contributed by atoms with Crippen LogP contribution in [0.15, 0.2) is 18.2 Å². The fourth-order valence-electron chi connectivity index (χ4n) is 1.70. The van der Waals surface area contributed by atoms with Gasteiger partial charge >= 0.3 is 0 Å². The Morgan fingerprint density at radius 2 is 2.12 bits per heavy atom. The number of benzene rings is 1. The molecule has 0 saturated heterocycles. The maximum Gasteiger partial charge on any atom is 0.128 e. The van der Waals surface area contributed by atoms with Gasteiger partial charge in [0.05, 0.1) is 12.1 Å². The molecule has 0 heterocycles. The smallest absolute Gasteiger partial charge is 0.128 e. The summed E-state index contributed by atoms with van der Waals surface area (Å²) in [4.78, 5) is 0. The summed E-state index contributed by atoms with van der Waals surface area (Å²) < 4.78 is 13.6. The third kappa shape index (κ3) is 3.29. The van der Waals surface area contributed by atoms with Crippen LogP contribution in [0, 0.1) is 12.7 Å². The monoisotopic (exact) mass is 225 g/mol. The second kappa shape index (κ2) is 5.97. The van der Waals surface area contributed by atoms with Crippen molar-refractivity contribution in [3.8, 4) is 0 Å². The van der Waals surface area contributed by atoms with Crippen molar-refractivity contribution in [2.75, 3.05) is 0 Å². The van der Waals surface area contributed by atoms with Gasteiger partial charge in [-0.2, -0.15) is 0 Å². The average molecular weight is 225 g/mol. The van der Waals surface area contributed by atoms with Gasteiger partial charge in [0.25, 0.3) is 0 Å². The van der Waals surface area contributed by atoms with E-state index >= 15 is 0 Å². The van der Waals surface area contributed by atoms with Gasteiger partial charge in [-0.1, -0.05) is 31.9 Å². The fraction of sp³-hybridized carbons (Fsp3) is 0.538. The van der Waals surface area contributed by atoms with Gasteiger partial charge in [-0.15, -0.1) is 0 Å². The molecule has 0 radical (unpaired) electrons. The standard InChI is InChI=1S/C13H20FNO/c1-3-4-5-12(16)13(15)10-7-6-9(2)8-11(10)14/h6-8,12-13,16H,3-5,15H2,1-2H3/t12-,13+/m1/s1. The van der Waals surface area contributed by atoms with Crippen molar-refractivity contribution < 1.29 is 9.50 Å². The lowest BCUT2D eigenvalue weighted by Crippen LogP contribution is -2.27.